The van der Waals surface area contributed by atoms with Gasteiger partial charge in [-0.3, -0.25) is 4.79 Å². The van der Waals surface area contributed by atoms with Crippen LogP contribution in [0.3, 0.4) is 0 Å². The molecule has 4 rings (SSSR count). The molecule has 4 nitrogen and oxygen atoms in total. The molecule has 2 fully saturated rings. The van der Waals surface area contributed by atoms with Gasteiger partial charge in [0.25, 0.3) is 5.91 Å². The van der Waals surface area contributed by atoms with Crippen LogP contribution in [0, 0.1) is 6.92 Å². The summed E-state index contributed by atoms with van der Waals surface area (Å²) in [6.07, 6.45) is 3.50. The van der Waals surface area contributed by atoms with Gasteiger partial charge in [0.2, 0.25) is 0 Å². The number of rotatable bonds is 2. The Bertz CT molecular complexity index is 681. The van der Waals surface area contributed by atoms with Crippen molar-refractivity contribution in [1.29, 1.82) is 0 Å². The second-order valence-corrected chi connectivity index (χ2v) is 6.65. The lowest BCUT2D eigenvalue weighted by molar-refractivity contribution is 0.0931. The summed E-state index contributed by atoms with van der Waals surface area (Å²) in [7, 11) is 0. The molecule has 1 aromatic heterocycles. The van der Waals surface area contributed by atoms with E-state index in [9.17, 15) is 4.79 Å². The molecular weight excluding hydrogens is 270 g/mol. The van der Waals surface area contributed by atoms with Gasteiger partial charge in [0.15, 0.2) is 0 Å². The van der Waals surface area contributed by atoms with Gasteiger partial charge < -0.3 is 10.6 Å². The van der Waals surface area contributed by atoms with E-state index in [1.54, 1.807) is 0 Å². The van der Waals surface area contributed by atoms with E-state index in [1.165, 1.54) is 24.4 Å². The molecule has 2 saturated heterocycles. The molecule has 1 aromatic carbocycles. The van der Waals surface area contributed by atoms with Crippen LogP contribution in [0.4, 0.5) is 0 Å². The highest BCUT2D eigenvalue weighted by Crippen LogP contribution is 2.29. The van der Waals surface area contributed by atoms with Crippen molar-refractivity contribution in [3.8, 4) is 0 Å². The van der Waals surface area contributed by atoms with Crippen LogP contribution >= 0.6 is 11.5 Å². The van der Waals surface area contributed by atoms with Crippen molar-refractivity contribution in [1.82, 2.24) is 15.0 Å². The van der Waals surface area contributed by atoms with E-state index in [1.807, 2.05) is 25.1 Å². The number of aromatic nitrogens is 1. The highest BCUT2D eigenvalue weighted by atomic mass is 32.1. The summed E-state index contributed by atoms with van der Waals surface area (Å²) in [6.45, 7) is 1.99. The second-order valence-electron chi connectivity index (χ2n) is 5.84. The summed E-state index contributed by atoms with van der Waals surface area (Å²) in [5, 5.41) is 7.82. The molecule has 3 heterocycles. The van der Waals surface area contributed by atoms with Crippen LogP contribution in [-0.2, 0) is 0 Å². The number of carbonyl (C=O) groups excluding carboxylic acids is 1. The van der Waals surface area contributed by atoms with Crippen molar-refractivity contribution < 1.29 is 4.79 Å². The third kappa shape index (κ3) is 1.93. The first kappa shape index (κ1) is 12.3. The zero-order valence-corrected chi connectivity index (χ0v) is 12.2. The third-order valence-corrected chi connectivity index (χ3v) is 5.45. The largest absolute Gasteiger partial charge is 0.348 e. The third-order valence-electron chi connectivity index (χ3n) is 4.53. The zero-order valence-electron chi connectivity index (χ0n) is 11.3. The van der Waals surface area contributed by atoms with Crippen molar-refractivity contribution in [2.24, 2.45) is 0 Å². The van der Waals surface area contributed by atoms with E-state index < -0.39 is 0 Å². The van der Waals surface area contributed by atoms with Gasteiger partial charge in [-0.05, 0) is 55.9 Å². The lowest BCUT2D eigenvalue weighted by Crippen LogP contribution is -2.42. The molecule has 2 aliphatic rings. The molecule has 1 amide bonds. The minimum Gasteiger partial charge on any atom is -0.348 e. The van der Waals surface area contributed by atoms with Crippen molar-refractivity contribution in [3.63, 3.8) is 0 Å². The van der Waals surface area contributed by atoms with Crippen LogP contribution in [0.15, 0.2) is 18.2 Å². The van der Waals surface area contributed by atoms with Crippen molar-refractivity contribution in [2.45, 2.75) is 44.3 Å². The van der Waals surface area contributed by atoms with Gasteiger partial charge in [-0.15, -0.1) is 0 Å². The lowest BCUT2D eigenvalue weighted by atomic mass is 9.95. The van der Waals surface area contributed by atoms with Crippen LogP contribution in [0.1, 0.15) is 35.3 Å². The monoisotopic (exact) mass is 287 g/mol. The van der Waals surface area contributed by atoms with E-state index in [0.717, 1.165) is 27.8 Å². The topological polar surface area (TPSA) is 54.0 Å². The molecule has 20 heavy (non-hydrogen) atoms. The summed E-state index contributed by atoms with van der Waals surface area (Å²) in [5.74, 6) is 0.0388. The van der Waals surface area contributed by atoms with Gasteiger partial charge in [-0.2, -0.15) is 4.37 Å². The number of benzene rings is 1. The number of carbonyl (C=O) groups is 1. The maximum absolute atomic E-state index is 12.4. The van der Waals surface area contributed by atoms with E-state index in [2.05, 4.69) is 15.0 Å². The minimum atomic E-state index is 0.0388. The predicted octanol–water partition coefficient (Wildman–Crippen LogP) is 2.23. The molecule has 0 saturated carbocycles. The first-order valence-corrected chi connectivity index (χ1v) is 7.91. The number of hydrogen-bond donors (Lipinski definition) is 2. The zero-order chi connectivity index (χ0) is 13.7. The van der Waals surface area contributed by atoms with Crippen LogP contribution < -0.4 is 10.6 Å². The van der Waals surface area contributed by atoms with Crippen molar-refractivity contribution >= 4 is 27.5 Å². The number of nitrogens with zero attached hydrogens (tertiary/aromatic N) is 1. The van der Waals surface area contributed by atoms with Gasteiger partial charge >= 0.3 is 0 Å². The molecule has 104 valence electrons. The van der Waals surface area contributed by atoms with E-state index in [-0.39, 0.29) is 5.91 Å². The number of nitrogens with one attached hydrogen (secondary N) is 2. The first-order chi connectivity index (χ1) is 9.70. The quantitative estimate of drug-likeness (QED) is 0.890. The van der Waals surface area contributed by atoms with Crippen LogP contribution in [0.2, 0.25) is 0 Å². The maximum Gasteiger partial charge on any atom is 0.251 e. The van der Waals surface area contributed by atoms with Gasteiger partial charge in [0.1, 0.15) is 0 Å². The maximum atomic E-state index is 12.4. The number of hydrogen-bond acceptors (Lipinski definition) is 4. The van der Waals surface area contributed by atoms with E-state index in [4.69, 9.17) is 0 Å². The Morgan fingerprint density at radius 1 is 1.45 bits per heavy atom. The fourth-order valence-corrected chi connectivity index (χ4v) is 4.20. The number of fused-ring (bicyclic) bond motifs is 3. The van der Waals surface area contributed by atoms with E-state index >= 15 is 0 Å². The Kier molecular flexibility index (Phi) is 2.79. The number of aryl methyl sites for hydroxylation is 1. The molecule has 0 aliphatic carbocycles. The molecule has 2 N–H and O–H groups in total. The minimum absolute atomic E-state index is 0.0388. The smallest absolute Gasteiger partial charge is 0.251 e. The van der Waals surface area contributed by atoms with E-state index in [0.29, 0.717) is 18.1 Å². The van der Waals surface area contributed by atoms with Crippen molar-refractivity contribution in [3.05, 3.63) is 29.5 Å². The SMILES string of the molecule is Cc1nsc2ccc(C(=O)N[C@@H]3C[C@H]4CC[C@@H]3N4)cc12. The van der Waals surface area contributed by atoms with Gasteiger partial charge in [-0.1, -0.05) is 0 Å². The summed E-state index contributed by atoms with van der Waals surface area (Å²) < 4.78 is 5.47. The standard InChI is InChI=1S/C15H17N3OS/c1-8-11-6-9(2-5-14(11)20-18-8)15(19)17-13-7-10-3-4-12(13)16-10/h2,5-6,10,12-13,16H,3-4,7H2,1H3,(H,17,19)/t10-,12+,13-/m1/s1. The fourth-order valence-electron chi connectivity index (χ4n) is 3.44. The predicted molar refractivity (Wildman–Crippen MR) is 80.2 cm³/mol. The Morgan fingerprint density at radius 2 is 2.35 bits per heavy atom. The average Bonchev–Trinajstić information content (AvgIpc) is 3.15. The first-order valence-electron chi connectivity index (χ1n) is 7.13. The molecule has 5 heteroatoms. The molecule has 3 atom stereocenters. The fraction of sp³-hybridized carbons (Fsp3) is 0.467. The summed E-state index contributed by atoms with van der Waals surface area (Å²) >= 11 is 1.49. The van der Waals surface area contributed by atoms with Crippen LogP contribution in [0.5, 0.6) is 0 Å². The second kappa shape index (κ2) is 4.53. The Hall–Kier alpha value is -1.46. The Morgan fingerprint density at radius 3 is 3.10 bits per heavy atom. The molecule has 2 aromatic rings. The molecule has 2 bridgehead atoms. The average molecular weight is 287 g/mol. The molecule has 0 unspecified atom stereocenters. The molecular formula is C15H17N3OS. The molecule has 0 spiro atoms. The van der Waals surface area contributed by atoms with Crippen LogP contribution in [-0.4, -0.2) is 28.4 Å². The highest BCUT2D eigenvalue weighted by Gasteiger charge is 2.39. The number of amides is 1. The Balaban J connectivity index is 1.56. The van der Waals surface area contributed by atoms with Crippen molar-refractivity contribution in [2.75, 3.05) is 0 Å². The van der Waals surface area contributed by atoms with Gasteiger partial charge in [0.05, 0.1) is 10.4 Å². The normalized spacial score (nSPS) is 28.1. The lowest BCUT2D eigenvalue weighted by Gasteiger charge is -2.21. The summed E-state index contributed by atoms with van der Waals surface area (Å²) in [5.41, 5.74) is 1.74. The molecule has 2 aliphatic heterocycles. The molecule has 0 radical (unpaired) electrons. The summed E-state index contributed by atoms with van der Waals surface area (Å²) in [4.78, 5) is 12.4. The Labute approximate surface area is 121 Å². The van der Waals surface area contributed by atoms with Crippen LogP contribution in [0.25, 0.3) is 10.1 Å². The van der Waals surface area contributed by atoms with Gasteiger partial charge in [0, 0.05) is 29.1 Å². The summed E-state index contributed by atoms with van der Waals surface area (Å²) in [6, 6.07) is 7.22. The van der Waals surface area contributed by atoms with Gasteiger partial charge in [-0.25, -0.2) is 0 Å². The highest BCUT2D eigenvalue weighted by molar-refractivity contribution is 7.13.